The van der Waals surface area contributed by atoms with Crippen LogP contribution in [0, 0.1) is 11.7 Å². The Morgan fingerprint density at radius 1 is 1.29 bits per heavy atom. The van der Waals surface area contributed by atoms with Gasteiger partial charge in [0.05, 0.1) is 42.8 Å². The van der Waals surface area contributed by atoms with E-state index in [-0.39, 0.29) is 29.8 Å². The summed E-state index contributed by atoms with van der Waals surface area (Å²) in [6.07, 6.45) is 1.62. The topological polar surface area (TPSA) is 122 Å². The minimum atomic E-state index is -3.82. The third kappa shape index (κ3) is 5.34. The largest absolute Gasteiger partial charge is 0.492 e. The number of halogens is 1. The van der Waals surface area contributed by atoms with Crippen molar-refractivity contribution in [1.82, 2.24) is 19.5 Å². The van der Waals surface area contributed by atoms with Crippen molar-refractivity contribution < 1.29 is 32.1 Å². The standard InChI is InChI=1S/C22H25FN4O6S/c1-13(2)20-19-18(31-11-14-8-9-32-33-12-14)10-17(22(28)26-34(3,29)30)24-21(19)27(25-20)16-6-4-15(23)5-7-16/h4-7,10,13-14H,8-9,11-12H2,1-3H3,(H,26,28). The van der Waals surface area contributed by atoms with E-state index in [2.05, 4.69) is 10.1 Å². The maximum Gasteiger partial charge on any atom is 0.283 e. The van der Waals surface area contributed by atoms with Crippen LogP contribution in [0.15, 0.2) is 30.3 Å². The van der Waals surface area contributed by atoms with E-state index in [1.54, 1.807) is 0 Å². The maximum absolute atomic E-state index is 13.5. The number of nitrogens with zero attached hydrogens (tertiary/aromatic N) is 3. The SMILES string of the molecule is CC(C)c1nn(-c2ccc(F)cc2)c2nc(C(=O)NS(C)(=O)=O)cc(OCC3CCOOC3)c12. The Kier molecular flexibility index (Phi) is 6.82. The lowest BCUT2D eigenvalue weighted by atomic mass is 10.1. The number of rotatable bonds is 7. The highest BCUT2D eigenvalue weighted by Gasteiger charge is 2.25. The third-order valence-electron chi connectivity index (χ3n) is 5.23. The van der Waals surface area contributed by atoms with E-state index in [0.29, 0.717) is 35.7 Å². The summed E-state index contributed by atoms with van der Waals surface area (Å²) in [5.41, 5.74) is 1.32. The minimum Gasteiger partial charge on any atom is -0.492 e. The van der Waals surface area contributed by atoms with Gasteiger partial charge in [-0.2, -0.15) is 5.10 Å². The van der Waals surface area contributed by atoms with E-state index in [1.165, 1.54) is 35.0 Å². The maximum atomic E-state index is 13.5. The molecule has 0 bridgehead atoms. The average molecular weight is 493 g/mol. The van der Waals surface area contributed by atoms with E-state index in [4.69, 9.17) is 14.5 Å². The predicted molar refractivity (Wildman–Crippen MR) is 121 cm³/mol. The van der Waals surface area contributed by atoms with Crippen LogP contribution < -0.4 is 9.46 Å². The van der Waals surface area contributed by atoms with E-state index in [0.717, 1.165) is 12.7 Å². The molecule has 1 fully saturated rings. The van der Waals surface area contributed by atoms with Gasteiger partial charge in [0.25, 0.3) is 5.91 Å². The average Bonchev–Trinajstić information content (AvgIpc) is 3.18. The molecule has 1 aliphatic rings. The van der Waals surface area contributed by atoms with E-state index in [9.17, 15) is 17.6 Å². The molecule has 2 aromatic heterocycles. The molecule has 1 unspecified atom stereocenters. The Balaban J connectivity index is 1.86. The highest BCUT2D eigenvalue weighted by atomic mass is 32.2. The lowest BCUT2D eigenvalue weighted by molar-refractivity contribution is -0.325. The summed E-state index contributed by atoms with van der Waals surface area (Å²) < 4.78 is 46.3. The molecule has 1 saturated heterocycles. The zero-order chi connectivity index (χ0) is 24.5. The normalized spacial score (nSPS) is 16.7. The van der Waals surface area contributed by atoms with Crippen molar-refractivity contribution in [3.8, 4) is 11.4 Å². The number of carbonyl (C=O) groups excluding carboxylic acids is 1. The van der Waals surface area contributed by atoms with Gasteiger partial charge in [0, 0.05) is 12.0 Å². The fourth-order valence-electron chi connectivity index (χ4n) is 3.57. The number of hydrogen-bond acceptors (Lipinski definition) is 8. The van der Waals surface area contributed by atoms with Crippen molar-refractivity contribution in [1.29, 1.82) is 0 Å². The van der Waals surface area contributed by atoms with Crippen LogP contribution >= 0.6 is 0 Å². The lowest BCUT2D eigenvalue weighted by Gasteiger charge is -2.21. The van der Waals surface area contributed by atoms with Gasteiger partial charge in [0.15, 0.2) is 5.65 Å². The first-order valence-corrected chi connectivity index (χ1v) is 12.6. The zero-order valence-corrected chi connectivity index (χ0v) is 19.8. The third-order valence-corrected chi connectivity index (χ3v) is 5.78. The molecule has 34 heavy (non-hydrogen) atoms. The van der Waals surface area contributed by atoms with Crippen LogP contribution in [-0.2, 0) is 19.8 Å². The predicted octanol–water partition coefficient (Wildman–Crippen LogP) is 2.72. The summed E-state index contributed by atoms with van der Waals surface area (Å²) in [4.78, 5) is 27.0. The first kappa shape index (κ1) is 24.0. The molecule has 0 radical (unpaired) electrons. The highest BCUT2D eigenvalue weighted by molar-refractivity contribution is 7.89. The first-order chi connectivity index (χ1) is 16.1. The Morgan fingerprint density at radius 3 is 2.65 bits per heavy atom. The number of aromatic nitrogens is 3. The second-order valence-electron chi connectivity index (χ2n) is 8.41. The molecule has 182 valence electrons. The van der Waals surface area contributed by atoms with Gasteiger partial charge in [0.1, 0.15) is 17.3 Å². The van der Waals surface area contributed by atoms with Crippen LogP contribution in [0.4, 0.5) is 4.39 Å². The number of sulfonamides is 1. The number of pyridine rings is 1. The van der Waals surface area contributed by atoms with E-state index in [1.807, 2.05) is 18.6 Å². The second-order valence-corrected chi connectivity index (χ2v) is 10.2. The number of carbonyl (C=O) groups is 1. The van der Waals surface area contributed by atoms with Crippen LogP contribution in [0.25, 0.3) is 16.7 Å². The molecule has 12 heteroatoms. The summed E-state index contributed by atoms with van der Waals surface area (Å²) in [6.45, 7) is 5.01. The minimum absolute atomic E-state index is 0.0320. The number of fused-ring (bicyclic) bond motifs is 1. The summed E-state index contributed by atoms with van der Waals surface area (Å²) in [6, 6.07) is 7.07. The monoisotopic (exact) mass is 492 g/mol. The lowest BCUT2D eigenvalue weighted by Crippen LogP contribution is -2.30. The molecule has 10 nitrogen and oxygen atoms in total. The van der Waals surface area contributed by atoms with Crippen molar-refractivity contribution in [3.05, 3.63) is 47.5 Å². The van der Waals surface area contributed by atoms with Crippen LogP contribution in [-0.4, -0.2) is 55.2 Å². The van der Waals surface area contributed by atoms with Crippen molar-refractivity contribution in [2.75, 3.05) is 26.1 Å². The number of hydrogen-bond donors (Lipinski definition) is 1. The highest BCUT2D eigenvalue weighted by Crippen LogP contribution is 2.34. The molecule has 1 N–H and O–H groups in total. The Bertz CT molecular complexity index is 1300. The quantitative estimate of drug-likeness (QED) is 0.500. The van der Waals surface area contributed by atoms with Crippen molar-refractivity contribution in [2.45, 2.75) is 26.2 Å². The van der Waals surface area contributed by atoms with Gasteiger partial charge in [-0.3, -0.25) is 4.79 Å². The Hall–Kier alpha value is -3.09. The van der Waals surface area contributed by atoms with Crippen molar-refractivity contribution >= 4 is 27.0 Å². The summed E-state index contributed by atoms with van der Waals surface area (Å²) in [5.74, 6) is -0.933. The molecular formula is C22H25FN4O6S. The number of nitrogens with one attached hydrogen (secondary N) is 1. The molecule has 1 amide bonds. The van der Waals surface area contributed by atoms with Crippen LogP contribution in [0.5, 0.6) is 5.75 Å². The van der Waals surface area contributed by atoms with E-state index < -0.39 is 21.7 Å². The zero-order valence-electron chi connectivity index (χ0n) is 18.9. The van der Waals surface area contributed by atoms with E-state index >= 15 is 0 Å². The van der Waals surface area contributed by atoms with Gasteiger partial charge in [-0.1, -0.05) is 13.8 Å². The second kappa shape index (κ2) is 9.65. The molecule has 3 heterocycles. The molecule has 4 rings (SSSR count). The Labute approximate surface area is 196 Å². The van der Waals surface area contributed by atoms with Gasteiger partial charge in [-0.15, -0.1) is 0 Å². The van der Waals surface area contributed by atoms with Gasteiger partial charge in [-0.05, 0) is 36.6 Å². The molecule has 0 aliphatic carbocycles. The molecule has 1 atom stereocenters. The van der Waals surface area contributed by atoms with Gasteiger partial charge >= 0.3 is 0 Å². The summed E-state index contributed by atoms with van der Waals surface area (Å²) >= 11 is 0. The van der Waals surface area contributed by atoms with Crippen LogP contribution in [0.2, 0.25) is 0 Å². The Morgan fingerprint density at radius 2 is 2.03 bits per heavy atom. The molecule has 1 aliphatic heterocycles. The summed E-state index contributed by atoms with van der Waals surface area (Å²) in [5, 5.41) is 5.26. The first-order valence-electron chi connectivity index (χ1n) is 10.7. The number of amides is 1. The number of benzene rings is 1. The van der Waals surface area contributed by atoms with Crippen molar-refractivity contribution in [3.63, 3.8) is 0 Å². The molecule has 1 aromatic carbocycles. The fraction of sp³-hybridized carbons (Fsp3) is 0.409. The van der Waals surface area contributed by atoms with Gasteiger partial charge in [0.2, 0.25) is 10.0 Å². The fourth-order valence-corrected chi connectivity index (χ4v) is 4.01. The number of ether oxygens (including phenoxy) is 1. The summed E-state index contributed by atoms with van der Waals surface area (Å²) in [7, 11) is -3.82. The smallest absolute Gasteiger partial charge is 0.283 e. The van der Waals surface area contributed by atoms with Crippen LogP contribution in [0.3, 0.4) is 0 Å². The molecular weight excluding hydrogens is 467 g/mol. The van der Waals surface area contributed by atoms with Crippen LogP contribution in [0.1, 0.15) is 42.4 Å². The van der Waals surface area contributed by atoms with Crippen molar-refractivity contribution in [2.24, 2.45) is 5.92 Å². The van der Waals surface area contributed by atoms with Gasteiger partial charge in [-0.25, -0.2) is 37.0 Å². The molecule has 3 aromatic rings. The molecule has 0 spiro atoms. The van der Waals surface area contributed by atoms with Gasteiger partial charge < -0.3 is 4.74 Å². The molecule has 0 saturated carbocycles.